The molecule has 1 fully saturated rings. The molecule has 2 heterocycles. The Morgan fingerprint density at radius 2 is 2.05 bits per heavy atom. The molecule has 0 aromatic carbocycles. The highest BCUT2D eigenvalue weighted by Crippen LogP contribution is 2.41. The number of aromatic nitrogens is 1. The number of nitrogens with zero attached hydrogens (tertiary/aromatic N) is 1. The van der Waals surface area contributed by atoms with Crippen LogP contribution in [0.5, 0.6) is 0 Å². The zero-order chi connectivity index (χ0) is 14.0. The summed E-state index contributed by atoms with van der Waals surface area (Å²) in [5, 5.41) is 0. The van der Waals surface area contributed by atoms with E-state index < -0.39 is 0 Å². The van der Waals surface area contributed by atoms with Crippen LogP contribution in [0.3, 0.4) is 0 Å². The number of anilines is 2. The van der Waals surface area contributed by atoms with Crippen molar-refractivity contribution in [2.45, 2.75) is 25.2 Å². The fourth-order valence-corrected chi connectivity index (χ4v) is 2.66. The minimum Gasteiger partial charge on any atom is -0.384 e. The monoisotopic (exact) mass is 267 g/mol. The molecule has 6 heteroatoms. The molecule has 106 valence electrons. The fraction of sp³-hybridized carbons (Fsp3) is 0.615. The van der Waals surface area contributed by atoms with Gasteiger partial charge in [0.15, 0.2) is 0 Å². The lowest BCUT2D eigenvalue weighted by Gasteiger charge is -2.19. The summed E-state index contributed by atoms with van der Waals surface area (Å²) in [4.78, 5) is 4.08. The first-order valence-electron chi connectivity index (χ1n) is 6.27. The van der Waals surface area contributed by atoms with Gasteiger partial charge in [0.25, 0.3) is 0 Å². The highest BCUT2D eigenvalue weighted by Gasteiger charge is 2.43. The molecule has 1 unspecified atom stereocenters. The third-order valence-corrected chi connectivity index (χ3v) is 3.57. The maximum Gasteiger partial charge on any atom is 0.131 e. The topological polar surface area (TPSA) is 92.6 Å². The minimum atomic E-state index is -0.154. The van der Waals surface area contributed by atoms with E-state index in [1.165, 1.54) is 0 Å². The van der Waals surface area contributed by atoms with Gasteiger partial charge in [-0.1, -0.05) is 6.92 Å². The van der Waals surface area contributed by atoms with Crippen LogP contribution < -0.4 is 11.5 Å². The Balaban J connectivity index is 2.25. The molecule has 1 aliphatic heterocycles. The van der Waals surface area contributed by atoms with Crippen molar-refractivity contribution in [2.75, 3.05) is 32.3 Å². The highest BCUT2D eigenvalue weighted by atomic mass is 16.6. The summed E-state index contributed by atoms with van der Waals surface area (Å²) in [5.74, 6) is 0.978. The van der Waals surface area contributed by atoms with Gasteiger partial charge in [0.1, 0.15) is 17.7 Å². The predicted octanol–water partition coefficient (Wildman–Crippen LogP) is 0.983. The second kappa shape index (κ2) is 5.73. The number of rotatable bonds is 4. The van der Waals surface area contributed by atoms with E-state index in [-0.39, 0.29) is 24.2 Å². The molecule has 0 radical (unpaired) electrons. The maximum atomic E-state index is 6.01. The van der Waals surface area contributed by atoms with Crippen molar-refractivity contribution in [1.29, 1.82) is 0 Å². The average molecular weight is 267 g/mol. The zero-order valence-electron chi connectivity index (χ0n) is 11.5. The van der Waals surface area contributed by atoms with Gasteiger partial charge in [-0.15, -0.1) is 0 Å². The van der Waals surface area contributed by atoms with E-state index >= 15 is 0 Å². The molecule has 0 aliphatic carbocycles. The highest BCUT2D eigenvalue weighted by molar-refractivity contribution is 5.47. The van der Waals surface area contributed by atoms with E-state index in [9.17, 15) is 0 Å². The molecule has 1 aromatic heterocycles. The molecular formula is C13H21N3O3. The van der Waals surface area contributed by atoms with Gasteiger partial charge < -0.3 is 25.7 Å². The lowest BCUT2D eigenvalue weighted by Crippen LogP contribution is -2.31. The number of methoxy groups -OCH3 is 2. The molecular weight excluding hydrogens is 246 g/mol. The smallest absolute Gasteiger partial charge is 0.131 e. The molecule has 0 saturated carbocycles. The van der Waals surface area contributed by atoms with Crippen molar-refractivity contribution in [2.24, 2.45) is 5.92 Å². The third kappa shape index (κ3) is 2.65. The molecule has 4 N–H and O–H groups in total. The molecule has 19 heavy (non-hydrogen) atoms. The van der Waals surface area contributed by atoms with Crippen LogP contribution in [0.25, 0.3) is 0 Å². The average Bonchev–Trinajstić information content (AvgIpc) is 2.66. The van der Waals surface area contributed by atoms with E-state index in [0.29, 0.717) is 18.2 Å². The third-order valence-electron chi connectivity index (χ3n) is 3.57. The first kappa shape index (κ1) is 14.0. The number of pyridine rings is 1. The van der Waals surface area contributed by atoms with Crippen LogP contribution in [0.2, 0.25) is 0 Å². The second-order valence-corrected chi connectivity index (χ2v) is 4.82. The summed E-state index contributed by atoms with van der Waals surface area (Å²) in [6.07, 6.45) is -0.285. The maximum absolute atomic E-state index is 6.01. The van der Waals surface area contributed by atoms with Crippen molar-refractivity contribution < 1.29 is 14.2 Å². The van der Waals surface area contributed by atoms with Gasteiger partial charge in [-0.3, -0.25) is 0 Å². The summed E-state index contributed by atoms with van der Waals surface area (Å²) in [6, 6.07) is 3.59. The Hall–Kier alpha value is -1.37. The summed E-state index contributed by atoms with van der Waals surface area (Å²) in [6.45, 7) is 2.56. The van der Waals surface area contributed by atoms with E-state index in [1.54, 1.807) is 20.3 Å². The van der Waals surface area contributed by atoms with Gasteiger partial charge in [0.05, 0.1) is 18.8 Å². The van der Waals surface area contributed by atoms with Crippen LogP contribution in [0.15, 0.2) is 12.1 Å². The van der Waals surface area contributed by atoms with Gasteiger partial charge in [-0.05, 0) is 12.1 Å². The quantitative estimate of drug-likeness (QED) is 0.845. The molecule has 0 spiro atoms. The number of ether oxygens (including phenoxy) is 3. The largest absolute Gasteiger partial charge is 0.384 e. The van der Waals surface area contributed by atoms with Crippen LogP contribution in [-0.4, -0.2) is 38.0 Å². The zero-order valence-corrected chi connectivity index (χ0v) is 11.5. The summed E-state index contributed by atoms with van der Waals surface area (Å²) in [7, 11) is 3.33. The fourth-order valence-electron chi connectivity index (χ4n) is 2.66. The summed E-state index contributed by atoms with van der Waals surface area (Å²) < 4.78 is 16.7. The number of nitrogen functional groups attached to an aromatic ring is 2. The van der Waals surface area contributed by atoms with Gasteiger partial charge >= 0.3 is 0 Å². The van der Waals surface area contributed by atoms with Gasteiger partial charge in [0, 0.05) is 25.7 Å². The van der Waals surface area contributed by atoms with Crippen LogP contribution in [0.4, 0.5) is 11.6 Å². The van der Waals surface area contributed by atoms with E-state index in [1.807, 2.05) is 6.07 Å². The lowest BCUT2D eigenvalue weighted by atomic mass is 9.94. The Morgan fingerprint density at radius 3 is 2.63 bits per heavy atom. The summed E-state index contributed by atoms with van der Waals surface area (Å²) in [5.41, 5.74) is 12.4. The molecule has 0 bridgehead atoms. The molecule has 6 nitrogen and oxygen atoms in total. The van der Waals surface area contributed by atoms with Crippen LogP contribution >= 0.6 is 0 Å². The normalized spacial score (nSPS) is 30.7. The van der Waals surface area contributed by atoms with E-state index in [0.717, 1.165) is 5.56 Å². The van der Waals surface area contributed by atoms with Crippen molar-refractivity contribution in [1.82, 2.24) is 4.98 Å². The predicted molar refractivity (Wildman–Crippen MR) is 72.5 cm³/mol. The number of hydrogen-bond donors (Lipinski definition) is 2. The van der Waals surface area contributed by atoms with Crippen molar-refractivity contribution >= 4 is 11.6 Å². The van der Waals surface area contributed by atoms with Crippen molar-refractivity contribution in [3.8, 4) is 0 Å². The molecule has 4 atom stereocenters. The Bertz CT molecular complexity index is 441. The number of hydrogen-bond acceptors (Lipinski definition) is 6. The number of nitrogens with two attached hydrogens (primary N) is 2. The van der Waals surface area contributed by atoms with Crippen LogP contribution in [0, 0.1) is 5.92 Å². The van der Waals surface area contributed by atoms with Crippen molar-refractivity contribution in [3.63, 3.8) is 0 Å². The summed E-state index contributed by atoms with van der Waals surface area (Å²) >= 11 is 0. The Kier molecular flexibility index (Phi) is 4.24. The van der Waals surface area contributed by atoms with E-state index in [4.69, 9.17) is 25.7 Å². The van der Waals surface area contributed by atoms with Gasteiger partial charge in [-0.25, -0.2) is 4.98 Å². The lowest BCUT2D eigenvalue weighted by molar-refractivity contribution is -0.0446. The van der Waals surface area contributed by atoms with Crippen LogP contribution in [0.1, 0.15) is 18.6 Å². The first-order valence-corrected chi connectivity index (χ1v) is 6.27. The van der Waals surface area contributed by atoms with Gasteiger partial charge in [0.2, 0.25) is 0 Å². The second-order valence-electron chi connectivity index (χ2n) is 4.82. The van der Waals surface area contributed by atoms with Crippen molar-refractivity contribution in [3.05, 3.63) is 17.7 Å². The van der Waals surface area contributed by atoms with Gasteiger partial charge in [-0.2, -0.15) is 0 Å². The SMILES string of the molecule is COC[C@H]1O[C@@H](c2ccc(N)nc2N)C(C)[C@H]1OC. The molecule has 1 saturated heterocycles. The molecule has 2 rings (SSSR count). The Labute approximate surface area is 113 Å². The first-order chi connectivity index (χ1) is 9.08. The van der Waals surface area contributed by atoms with E-state index in [2.05, 4.69) is 11.9 Å². The molecule has 0 amide bonds. The Morgan fingerprint density at radius 1 is 1.32 bits per heavy atom. The van der Waals surface area contributed by atoms with Crippen LogP contribution in [-0.2, 0) is 14.2 Å². The molecule has 1 aromatic rings. The molecule has 1 aliphatic rings. The minimum absolute atomic E-state index is 0.0260. The standard InChI is InChI=1S/C13H21N3O3/c1-7-11(8-4-5-10(14)16-13(8)15)19-9(6-17-2)12(7)18-3/h4-5,7,9,11-12H,6H2,1-3H3,(H4,14,15,16)/t7?,9-,11-,12-/m1/s1.